The summed E-state index contributed by atoms with van der Waals surface area (Å²) in [6, 6.07) is -1.05. The summed E-state index contributed by atoms with van der Waals surface area (Å²) in [4.78, 5) is 33.2. The van der Waals surface area contributed by atoms with E-state index in [1.165, 1.54) is 7.11 Å². The van der Waals surface area contributed by atoms with Gasteiger partial charge in [0, 0.05) is 13.1 Å². The zero-order chi connectivity index (χ0) is 15.8. The van der Waals surface area contributed by atoms with E-state index in [9.17, 15) is 14.4 Å². The molecule has 0 rings (SSSR count). The number of alkyl carbamates (subject to hydrolysis) is 1. The summed E-state index contributed by atoms with van der Waals surface area (Å²) in [5, 5.41) is 14.0. The van der Waals surface area contributed by atoms with Crippen LogP contribution in [0.3, 0.4) is 0 Å². The van der Waals surface area contributed by atoms with Crippen molar-refractivity contribution in [3.05, 3.63) is 0 Å². The van der Waals surface area contributed by atoms with Crippen LogP contribution in [0.15, 0.2) is 0 Å². The zero-order valence-electron chi connectivity index (χ0n) is 12.2. The van der Waals surface area contributed by atoms with Gasteiger partial charge in [-0.3, -0.25) is 9.59 Å². The molecule has 0 heterocycles. The lowest BCUT2D eigenvalue weighted by molar-refractivity contribution is -0.147. The van der Waals surface area contributed by atoms with Gasteiger partial charge >= 0.3 is 18.0 Å². The fourth-order valence-corrected chi connectivity index (χ4v) is 1.22. The highest BCUT2D eigenvalue weighted by molar-refractivity contribution is 5.81. The molecule has 1 amide bonds. The molecule has 0 aliphatic carbocycles. The van der Waals surface area contributed by atoms with E-state index < -0.39 is 29.7 Å². The molecule has 116 valence electrons. The van der Waals surface area contributed by atoms with Gasteiger partial charge in [-0.1, -0.05) is 0 Å². The Kier molecular flexibility index (Phi) is 7.60. The molecule has 0 aromatic carbocycles. The first-order chi connectivity index (χ1) is 9.15. The summed E-state index contributed by atoms with van der Waals surface area (Å²) < 4.78 is 9.40. The monoisotopic (exact) mass is 290 g/mol. The molecule has 0 aliphatic heterocycles. The average molecular weight is 290 g/mol. The summed E-state index contributed by atoms with van der Waals surface area (Å²) >= 11 is 0. The minimum atomic E-state index is -1.16. The molecule has 0 bridgehead atoms. The van der Waals surface area contributed by atoms with Crippen molar-refractivity contribution in [3.63, 3.8) is 0 Å². The number of carbonyl (C=O) groups excluding carboxylic acids is 2. The van der Waals surface area contributed by atoms with E-state index in [0.29, 0.717) is 0 Å². The molecule has 8 nitrogen and oxygen atoms in total. The molecule has 0 aromatic heterocycles. The molecule has 0 saturated heterocycles. The molecular weight excluding hydrogens is 268 g/mol. The smallest absolute Gasteiger partial charge is 0.407 e. The molecule has 0 fully saturated rings. The average Bonchev–Trinajstić information content (AvgIpc) is 2.30. The van der Waals surface area contributed by atoms with E-state index in [2.05, 4.69) is 15.4 Å². The number of rotatable bonds is 7. The van der Waals surface area contributed by atoms with Crippen molar-refractivity contribution >= 4 is 18.0 Å². The first-order valence-corrected chi connectivity index (χ1v) is 6.15. The Morgan fingerprint density at radius 1 is 1.20 bits per heavy atom. The number of hydrogen-bond donors (Lipinski definition) is 3. The quantitative estimate of drug-likeness (QED) is 0.450. The van der Waals surface area contributed by atoms with Crippen molar-refractivity contribution in [2.45, 2.75) is 38.8 Å². The predicted molar refractivity (Wildman–Crippen MR) is 70.3 cm³/mol. The van der Waals surface area contributed by atoms with E-state index in [1.807, 2.05) is 0 Å². The van der Waals surface area contributed by atoms with Crippen molar-refractivity contribution < 1.29 is 29.0 Å². The second kappa shape index (κ2) is 8.36. The van der Waals surface area contributed by atoms with Crippen LogP contribution < -0.4 is 10.6 Å². The molecule has 0 aliphatic rings. The molecule has 20 heavy (non-hydrogen) atoms. The summed E-state index contributed by atoms with van der Waals surface area (Å²) in [5.74, 6) is -1.78. The largest absolute Gasteiger partial charge is 0.480 e. The maximum Gasteiger partial charge on any atom is 0.407 e. The van der Waals surface area contributed by atoms with Gasteiger partial charge in [0.05, 0.1) is 13.5 Å². The molecule has 1 atom stereocenters. The Morgan fingerprint density at radius 3 is 2.25 bits per heavy atom. The minimum Gasteiger partial charge on any atom is -0.480 e. The second-order valence-electron chi connectivity index (χ2n) is 5.05. The molecular formula is C12H22N2O6. The fourth-order valence-electron chi connectivity index (χ4n) is 1.22. The Hall–Kier alpha value is -1.83. The van der Waals surface area contributed by atoms with Crippen molar-refractivity contribution in [2.24, 2.45) is 0 Å². The van der Waals surface area contributed by atoms with Crippen LogP contribution in [0, 0.1) is 0 Å². The highest BCUT2D eigenvalue weighted by Crippen LogP contribution is 2.06. The third kappa shape index (κ3) is 9.15. The lowest BCUT2D eigenvalue weighted by atomic mass is 10.2. The van der Waals surface area contributed by atoms with Crippen LogP contribution in [0.2, 0.25) is 0 Å². The van der Waals surface area contributed by atoms with Crippen LogP contribution in [-0.4, -0.2) is 55.0 Å². The van der Waals surface area contributed by atoms with Gasteiger partial charge in [-0.25, -0.2) is 4.79 Å². The number of ether oxygens (including phenoxy) is 2. The molecule has 0 aromatic rings. The maximum absolute atomic E-state index is 11.3. The number of carboxylic acid groups (broad SMARTS) is 1. The van der Waals surface area contributed by atoms with Crippen LogP contribution >= 0.6 is 0 Å². The van der Waals surface area contributed by atoms with Gasteiger partial charge in [-0.05, 0) is 20.8 Å². The number of esters is 1. The minimum absolute atomic E-state index is 0.180. The van der Waals surface area contributed by atoms with Gasteiger partial charge in [0.2, 0.25) is 0 Å². The molecule has 0 unspecified atom stereocenters. The fraction of sp³-hybridized carbons (Fsp3) is 0.750. The molecule has 0 spiro atoms. The molecule has 0 radical (unpaired) electrons. The number of nitrogens with one attached hydrogen (secondary N) is 2. The molecule has 8 heteroatoms. The Bertz CT molecular complexity index is 350. The Balaban J connectivity index is 3.98. The number of carbonyl (C=O) groups is 3. The third-order valence-corrected chi connectivity index (χ3v) is 2.08. The van der Waals surface area contributed by atoms with Gasteiger partial charge in [-0.2, -0.15) is 0 Å². The van der Waals surface area contributed by atoms with E-state index in [0.717, 1.165) is 0 Å². The standard InChI is InChI=1S/C12H22N2O6/c1-12(2,3)20-11(18)14-6-5-13-8(10(16)17)7-9(15)19-4/h8,13H,5-7H2,1-4H3,(H,14,18)(H,16,17)/t8-/m1/s1. The second-order valence-corrected chi connectivity index (χ2v) is 5.05. The van der Waals surface area contributed by atoms with Crippen LogP contribution in [0.25, 0.3) is 0 Å². The van der Waals surface area contributed by atoms with Gasteiger partial charge in [0.15, 0.2) is 0 Å². The van der Waals surface area contributed by atoms with E-state index in [-0.39, 0.29) is 19.5 Å². The van der Waals surface area contributed by atoms with Crippen molar-refractivity contribution in [2.75, 3.05) is 20.2 Å². The van der Waals surface area contributed by atoms with Gasteiger partial charge in [0.1, 0.15) is 11.6 Å². The van der Waals surface area contributed by atoms with Gasteiger partial charge < -0.3 is 25.2 Å². The first-order valence-electron chi connectivity index (χ1n) is 6.15. The Morgan fingerprint density at radius 2 is 1.80 bits per heavy atom. The van der Waals surface area contributed by atoms with Crippen LogP contribution in [-0.2, 0) is 19.1 Å². The van der Waals surface area contributed by atoms with Crippen molar-refractivity contribution in [1.82, 2.24) is 10.6 Å². The number of carboxylic acids is 1. The van der Waals surface area contributed by atoms with Crippen molar-refractivity contribution in [1.29, 1.82) is 0 Å². The highest BCUT2D eigenvalue weighted by atomic mass is 16.6. The summed E-state index contributed by atoms with van der Waals surface area (Å²) in [5.41, 5.74) is -0.591. The topological polar surface area (TPSA) is 114 Å². The first kappa shape index (κ1) is 18.2. The van der Waals surface area contributed by atoms with E-state index in [4.69, 9.17) is 9.84 Å². The normalized spacial score (nSPS) is 12.4. The number of aliphatic carboxylic acids is 1. The summed E-state index contributed by atoms with van der Waals surface area (Å²) in [6.07, 6.45) is -0.864. The summed E-state index contributed by atoms with van der Waals surface area (Å²) in [7, 11) is 1.19. The zero-order valence-corrected chi connectivity index (χ0v) is 12.2. The lowest BCUT2D eigenvalue weighted by Crippen LogP contribution is -2.43. The van der Waals surface area contributed by atoms with Gasteiger partial charge in [0.25, 0.3) is 0 Å². The molecule has 3 N–H and O–H groups in total. The van der Waals surface area contributed by atoms with Crippen molar-refractivity contribution in [3.8, 4) is 0 Å². The molecule has 0 saturated carbocycles. The van der Waals surface area contributed by atoms with Crippen LogP contribution in [0.1, 0.15) is 27.2 Å². The predicted octanol–water partition coefficient (Wildman–Crippen LogP) is 0.117. The highest BCUT2D eigenvalue weighted by Gasteiger charge is 2.21. The third-order valence-electron chi connectivity index (χ3n) is 2.08. The summed E-state index contributed by atoms with van der Waals surface area (Å²) in [6.45, 7) is 5.58. The van der Waals surface area contributed by atoms with Crippen LogP contribution in [0.4, 0.5) is 4.79 Å². The van der Waals surface area contributed by atoms with Crippen LogP contribution in [0.5, 0.6) is 0 Å². The number of hydrogen-bond acceptors (Lipinski definition) is 6. The SMILES string of the molecule is COC(=O)C[C@@H](NCCNC(=O)OC(C)(C)C)C(=O)O. The van der Waals surface area contributed by atoms with Gasteiger partial charge in [-0.15, -0.1) is 0 Å². The van der Waals surface area contributed by atoms with E-state index >= 15 is 0 Å². The lowest BCUT2D eigenvalue weighted by Gasteiger charge is -2.20. The Labute approximate surface area is 117 Å². The number of methoxy groups -OCH3 is 1. The van der Waals surface area contributed by atoms with E-state index in [1.54, 1.807) is 20.8 Å². The maximum atomic E-state index is 11.3. The number of amides is 1.